The van der Waals surface area contributed by atoms with Gasteiger partial charge < -0.3 is 24.3 Å². The van der Waals surface area contributed by atoms with Crippen molar-refractivity contribution in [1.29, 1.82) is 0 Å². The highest BCUT2D eigenvalue weighted by Gasteiger charge is 2.52. The number of nitrogens with zero attached hydrogens (tertiary/aromatic N) is 2. The van der Waals surface area contributed by atoms with Gasteiger partial charge in [0.05, 0.1) is 42.6 Å². The Labute approximate surface area is 210 Å². The Kier molecular flexibility index (Phi) is 7.45. The topological polar surface area (TPSA) is 138 Å². The number of fused-ring (bicyclic) bond motifs is 1. The number of rotatable bonds is 7. The Hall–Kier alpha value is -2.85. The van der Waals surface area contributed by atoms with E-state index in [1.54, 1.807) is 13.8 Å². The van der Waals surface area contributed by atoms with Crippen molar-refractivity contribution in [2.24, 2.45) is 0 Å². The van der Waals surface area contributed by atoms with Crippen molar-refractivity contribution in [3.05, 3.63) is 47.9 Å². The Bertz CT molecular complexity index is 1240. The summed E-state index contributed by atoms with van der Waals surface area (Å²) in [6.07, 6.45) is -5.08. The average Bonchev–Trinajstić information content (AvgIpc) is 3.18. The SMILES string of the molecule is COC(=O)c1ccc(S(=O)(=O)NC[C@H]2OC[C@H](Nc3cncc(C(F)(F)F)n3)[C@H]3OC(C)(C)O[C@H]32)cc1. The van der Waals surface area contributed by atoms with Crippen LogP contribution >= 0.6 is 0 Å². The molecule has 37 heavy (non-hydrogen) atoms. The molecule has 3 heterocycles. The third-order valence-electron chi connectivity index (χ3n) is 5.73. The number of anilines is 1. The van der Waals surface area contributed by atoms with Gasteiger partial charge in [-0.3, -0.25) is 4.98 Å². The smallest absolute Gasteiger partial charge is 0.434 e. The molecule has 0 spiro atoms. The summed E-state index contributed by atoms with van der Waals surface area (Å²) in [4.78, 5) is 18.7. The molecule has 1 aromatic carbocycles. The number of carbonyl (C=O) groups is 1. The summed E-state index contributed by atoms with van der Waals surface area (Å²) in [7, 11) is -2.75. The Morgan fingerprint density at radius 1 is 1.16 bits per heavy atom. The van der Waals surface area contributed by atoms with E-state index < -0.39 is 58.0 Å². The summed E-state index contributed by atoms with van der Waals surface area (Å²) in [5.74, 6) is -1.77. The molecular weight excluding hydrogens is 521 g/mol. The van der Waals surface area contributed by atoms with Crippen LogP contribution < -0.4 is 10.0 Å². The van der Waals surface area contributed by atoms with E-state index in [4.69, 9.17) is 14.2 Å². The fraction of sp³-hybridized carbons (Fsp3) is 0.500. The molecule has 2 aliphatic rings. The summed E-state index contributed by atoms with van der Waals surface area (Å²) in [6.45, 7) is 3.13. The van der Waals surface area contributed by atoms with E-state index in [0.29, 0.717) is 6.20 Å². The van der Waals surface area contributed by atoms with Gasteiger partial charge in [0.2, 0.25) is 10.0 Å². The monoisotopic (exact) mass is 546 g/mol. The first-order valence-corrected chi connectivity index (χ1v) is 12.6. The molecule has 11 nitrogen and oxygen atoms in total. The van der Waals surface area contributed by atoms with E-state index in [9.17, 15) is 26.4 Å². The lowest BCUT2D eigenvalue weighted by Crippen LogP contribution is -2.57. The van der Waals surface area contributed by atoms with E-state index in [-0.39, 0.29) is 29.4 Å². The standard InChI is InChI=1S/C22H25F3N4O7S/c1-21(2)35-18-14(28-17-10-26-9-16(29-17)22(23,24)25)11-34-15(19(18)36-21)8-27-37(31,32)13-6-4-12(5-7-13)20(30)33-3/h4-7,9-10,14-15,18-19,27H,8,11H2,1-3H3,(H,28,29)/t14-,15+,18+,19-/m0/s1. The lowest BCUT2D eigenvalue weighted by atomic mass is 9.98. The minimum absolute atomic E-state index is 0.0290. The summed E-state index contributed by atoms with van der Waals surface area (Å²) in [5, 5.41) is 2.86. The second kappa shape index (κ2) is 10.1. The quantitative estimate of drug-likeness (QED) is 0.496. The number of hydrogen-bond acceptors (Lipinski definition) is 10. The van der Waals surface area contributed by atoms with Crippen LogP contribution in [0.15, 0.2) is 41.6 Å². The molecule has 0 unspecified atom stereocenters. The van der Waals surface area contributed by atoms with Gasteiger partial charge in [-0.2, -0.15) is 13.2 Å². The van der Waals surface area contributed by atoms with Crippen LogP contribution in [0.4, 0.5) is 19.0 Å². The normalized spacial score (nSPS) is 25.4. The number of nitrogens with one attached hydrogen (secondary N) is 2. The predicted molar refractivity (Wildman–Crippen MR) is 121 cm³/mol. The first-order valence-electron chi connectivity index (χ1n) is 11.1. The second-order valence-corrected chi connectivity index (χ2v) is 10.6. The van der Waals surface area contributed by atoms with Gasteiger partial charge in [-0.1, -0.05) is 0 Å². The van der Waals surface area contributed by atoms with Crippen molar-refractivity contribution < 1.29 is 45.3 Å². The number of halogens is 3. The summed E-state index contributed by atoms with van der Waals surface area (Å²) in [5.41, 5.74) is -0.954. The lowest BCUT2D eigenvalue weighted by molar-refractivity contribution is -0.153. The number of alkyl halides is 3. The fourth-order valence-corrected chi connectivity index (χ4v) is 5.10. The van der Waals surface area contributed by atoms with Gasteiger partial charge in [0.1, 0.15) is 24.1 Å². The number of esters is 1. The molecule has 2 aliphatic heterocycles. The summed E-state index contributed by atoms with van der Waals surface area (Å²) >= 11 is 0. The zero-order valence-corrected chi connectivity index (χ0v) is 20.8. The average molecular weight is 547 g/mol. The third kappa shape index (κ3) is 6.18. The van der Waals surface area contributed by atoms with Crippen LogP contribution in [0.2, 0.25) is 0 Å². The highest BCUT2D eigenvalue weighted by Crippen LogP contribution is 2.36. The van der Waals surface area contributed by atoms with E-state index in [1.807, 2.05) is 0 Å². The lowest BCUT2D eigenvalue weighted by Gasteiger charge is -2.37. The fourth-order valence-electron chi connectivity index (χ4n) is 4.06. The number of methoxy groups -OCH3 is 1. The maximum absolute atomic E-state index is 13.0. The van der Waals surface area contributed by atoms with Crippen LogP contribution in [0.1, 0.15) is 29.9 Å². The van der Waals surface area contributed by atoms with Crippen LogP contribution in [0.3, 0.4) is 0 Å². The van der Waals surface area contributed by atoms with Crippen LogP contribution in [0, 0.1) is 0 Å². The molecule has 2 N–H and O–H groups in total. The number of carbonyl (C=O) groups excluding carboxylic acids is 1. The van der Waals surface area contributed by atoms with E-state index in [0.717, 1.165) is 6.20 Å². The molecule has 4 atom stereocenters. The van der Waals surface area contributed by atoms with Gasteiger partial charge >= 0.3 is 12.1 Å². The van der Waals surface area contributed by atoms with Gasteiger partial charge in [-0.25, -0.2) is 22.9 Å². The maximum Gasteiger partial charge on any atom is 0.434 e. The number of ether oxygens (including phenoxy) is 4. The van der Waals surface area contributed by atoms with E-state index in [2.05, 4.69) is 24.7 Å². The molecular formula is C22H25F3N4O7S. The van der Waals surface area contributed by atoms with Gasteiger partial charge in [0.15, 0.2) is 11.5 Å². The summed E-state index contributed by atoms with van der Waals surface area (Å²) in [6, 6.07) is 4.55. The highest BCUT2D eigenvalue weighted by atomic mass is 32.2. The largest absolute Gasteiger partial charge is 0.465 e. The first kappa shape index (κ1) is 27.2. The van der Waals surface area contributed by atoms with E-state index >= 15 is 0 Å². The third-order valence-corrected chi connectivity index (χ3v) is 7.17. The first-order chi connectivity index (χ1) is 17.3. The van der Waals surface area contributed by atoms with Crippen molar-refractivity contribution >= 4 is 21.8 Å². The Morgan fingerprint density at radius 3 is 2.49 bits per heavy atom. The van der Waals surface area contributed by atoms with Crippen LogP contribution in [0.5, 0.6) is 0 Å². The van der Waals surface area contributed by atoms with Gasteiger partial charge in [0, 0.05) is 6.54 Å². The van der Waals surface area contributed by atoms with Crippen LogP contribution in [0.25, 0.3) is 0 Å². The molecule has 0 saturated carbocycles. The molecule has 2 aromatic rings. The molecule has 0 bridgehead atoms. The molecule has 2 fully saturated rings. The minimum atomic E-state index is -4.66. The summed E-state index contributed by atoms with van der Waals surface area (Å²) < 4.78 is 89.4. The molecule has 202 valence electrons. The van der Waals surface area contributed by atoms with Crippen molar-refractivity contribution in [3.63, 3.8) is 0 Å². The molecule has 15 heteroatoms. The number of aromatic nitrogens is 2. The van der Waals surface area contributed by atoms with Gasteiger partial charge in [-0.05, 0) is 38.1 Å². The number of hydrogen-bond donors (Lipinski definition) is 2. The minimum Gasteiger partial charge on any atom is -0.465 e. The van der Waals surface area contributed by atoms with Crippen LogP contribution in [-0.4, -0.2) is 74.8 Å². The zero-order chi connectivity index (χ0) is 27.0. The maximum atomic E-state index is 13.0. The van der Waals surface area contributed by atoms with Crippen LogP contribution in [-0.2, 0) is 35.1 Å². The number of benzene rings is 1. The molecule has 0 radical (unpaired) electrons. The molecule has 0 amide bonds. The van der Waals surface area contributed by atoms with Crippen molar-refractivity contribution in [3.8, 4) is 0 Å². The predicted octanol–water partition coefficient (Wildman–Crippen LogP) is 1.96. The zero-order valence-electron chi connectivity index (χ0n) is 20.0. The Balaban J connectivity index is 1.45. The van der Waals surface area contributed by atoms with Crippen molar-refractivity contribution in [2.75, 3.05) is 25.6 Å². The molecule has 2 saturated heterocycles. The van der Waals surface area contributed by atoms with Crippen molar-refractivity contribution in [2.45, 2.75) is 55.1 Å². The van der Waals surface area contributed by atoms with E-state index in [1.165, 1.54) is 31.4 Å². The second-order valence-electron chi connectivity index (χ2n) is 8.84. The molecule has 0 aliphatic carbocycles. The van der Waals surface area contributed by atoms with Gasteiger partial charge in [0.25, 0.3) is 0 Å². The Morgan fingerprint density at radius 2 is 1.84 bits per heavy atom. The number of sulfonamides is 1. The van der Waals surface area contributed by atoms with Gasteiger partial charge in [-0.15, -0.1) is 0 Å². The highest BCUT2D eigenvalue weighted by molar-refractivity contribution is 7.89. The van der Waals surface area contributed by atoms with Crippen molar-refractivity contribution in [1.82, 2.24) is 14.7 Å². The molecule has 4 rings (SSSR count). The molecule has 1 aromatic heterocycles.